The Labute approximate surface area is 142 Å². The molecule has 120 valence electrons. The minimum atomic E-state index is -0.500. The van der Waals surface area contributed by atoms with Gasteiger partial charge in [0, 0.05) is 19.1 Å². The zero-order chi connectivity index (χ0) is 16.3. The van der Waals surface area contributed by atoms with Crippen LogP contribution in [0.2, 0.25) is 0 Å². The molecule has 1 aliphatic heterocycles. The topological polar surface area (TPSA) is 78.2 Å². The number of anilines is 1. The van der Waals surface area contributed by atoms with E-state index in [2.05, 4.69) is 37.2 Å². The lowest BCUT2D eigenvalue weighted by Gasteiger charge is -2.33. The van der Waals surface area contributed by atoms with Gasteiger partial charge in [0.1, 0.15) is 15.5 Å². The lowest BCUT2D eigenvalue weighted by Crippen LogP contribution is -2.49. The third-order valence-electron chi connectivity index (χ3n) is 3.09. The van der Waals surface area contributed by atoms with Gasteiger partial charge >= 0.3 is 6.09 Å². The van der Waals surface area contributed by atoms with E-state index >= 15 is 0 Å². The number of thiazole rings is 1. The van der Waals surface area contributed by atoms with Gasteiger partial charge in [0.05, 0.1) is 0 Å². The predicted octanol–water partition coefficient (Wildman–Crippen LogP) is 3.27. The standard InChI is InChI=1S/C14H19BrN4O2S/c1-14(2,3)21-13(20)17-9-5-4-6-19(8-9)12-18-10(7-16)11(15)22-12/h9H,4-6,8H2,1-3H3,(H,17,20). The molecule has 1 aromatic rings. The number of piperidine rings is 1. The van der Waals surface area contributed by atoms with Crippen molar-refractivity contribution in [3.8, 4) is 6.07 Å². The van der Waals surface area contributed by atoms with Crippen molar-refractivity contribution >= 4 is 38.5 Å². The van der Waals surface area contributed by atoms with Crippen LogP contribution in [0.3, 0.4) is 0 Å². The highest BCUT2D eigenvalue weighted by Gasteiger charge is 2.26. The van der Waals surface area contributed by atoms with Crippen molar-refractivity contribution in [1.29, 1.82) is 5.26 Å². The van der Waals surface area contributed by atoms with Crippen LogP contribution >= 0.6 is 27.3 Å². The van der Waals surface area contributed by atoms with Gasteiger partial charge in [-0.2, -0.15) is 5.26 Å². The number of nitrogens with one attached hydrogen (secondary N) is 1. The maximum absolute atomic E-state index is 11.9. The monoisotopic (exact) mass is 386 g/mol. The molecule has 2 rings (SSSR count). The van der Waals surface area contributed by atoms with Crippen molar-refractivity contribution in [2.45, 2.75) is 45.3 Å². The summed E-state index contributed by atoms with van der Waals surface area (Å²) in [4.78, 5) is 18.3. The van der Waals surface area contributed by atoms with Gasteiger partial charge in [0.2, 0.25) is 0 Å². The largest absolute Gasteiger partial charge is 0.444 e. The third-order valence-corrected chi connectivity index (χ3v) is 4.86. The van der Waals surface area contributed by atoms with E-state index in [0.29, 0.717) is 12.2 Å². The quantitative estimate of drug-likeness (QED) is 0.843. The fraction of sp³-hybridized carbons (Fsp3) is 0.643. The van der Waals surface area contributed by atoms with E-state index in [9.17, 15) is 4.79 Å². The van der Waals surface area contributed by atoms with E-state index < -0.39 is 11.7 Å². The molecular formula is C14H19BrN4O2S. The van der Waals surface area contributed by atoms with Crippen LogP contribution < -0.4 is 10.2 Å². The number of carbonyl (C=O) groups excluding carboxylic acids is 1. The second kappa shape index (κ2) is 6.84. The number of nitrogens with zero attached hydrogens (tertiary/aromatic N) is 3. The van der Waals surface area contributed by atoms with Gasteiger partial charge in [-0.05, 0) is 49.5 Å². The molecule has 0 aromatic carbocycles. The molecule has 1 fully saturated rings. The SMILES string of the molecule is CC(C)(C)OC(=O)NC1CCCN(c2nc(C#N)c(Br)s2)C1. The molecule has 0 aliphatic carbocycles. The zero-order valence-electron chi connectivity index (χ0n) is 12.9. The first-order valence-electron chi connectivity index (χ1n) is 7.09. The second-order valence-corrected chi connectivity index (χ2v) is 8.46. The molecule has 1 aromatic heterocycles. The highest BCUT2D eigenvalue weighted by molar-refractivity contribution is 9.11. The molecular weight excluding hydrogens is 368 g/mol. The molecule has 1 saturated heterocycles. The first kappa shape index (κ1) is 17.0. The number of halogens is 1. The Balaban J connectivity index is 1.97. The number of carbonyl (C=O) groups is 1. The molecule has 6 nitrogen and oxygen atoms in total. The molecule has 1 aliphatic rings. The Kier molecular flexibility index (Phi) is 5.29. The highest BCUT2D eigenvalue weighted by Crippen LogP contribution is 2.32. The van der Waals surface area contributed by atoms with Crippen LogP contribution in [0.5, 0.6) is 0 Å². The lowest BCUT2D eigenvalue weighted by molar-refractivity contribution is 0.0500. The average molecular weight is 387 g/mol. The van der Waals surface area contributed by atoms with Gasteiger partial charge in [-0.3, -0.25) is 0 Å². The van der Waals surface area contributed by atoms with E-state index in [-0.39, 0.29) is 6.04 Å². The first-order chi connectivity index (χ1) is 10.3. The van der Waals surface area contributed by atoms with Crippen LogP contribution in [0.25, 0.3) is 0 Å². The molecule has 22 heavy (non-hydrogen) atoms. The zero-order valence-corrected chi connectivity index (χ0v) is 15.3. The summed E-state index contributed by atoms with van der Waals surface area (Å²) in [7, 11) is 0. The van der Waals surface area contributed by atoms with Gasteiger partial charge in [0.25, 0.3) is 0 Å². The summed E-state index contributed by atoms with van der Waals surface area (Å²) in [6, 6.07) is 2.08. The first-order valence-corrected chi connectivity index (χ1v) is 8.70. The maximum atomic E-state index is 11.9. The van der Waals surface area contributed by atoms with Crippen molar-refractivity contribution in [3.05, 3.63) is 9.48 Å². The fourth-order valence-electron chi connectivity index (χ4n) is 2.24. The van der Waals surface area contributed by atoms with Crippen molar-refractivity contribution in [2.75, 3.05) is 18.0 Å². The van der Waals surface area contributed by atoms with E-state index in [0.717, 1.165) is 28.3 Å². The number of ether oxygens (including phenoxy) is 1. The molecule has 1 N–H and O–H groups in total. The van der Waals surface area contributed by atoms with E-state index in [1.807, 2.05) is 20.8 Å². The summed E-state index contributed by atoms with van der Waals surface area (Å²) in [5.41, 5.74) is -0.0949. The summed E-state index contributed by atoms with van der Waals surface area (Å²) in [6.45, 7) is 7.07. The minimum absolute atomic E-state index is 0.0248. The van der Waals surface area contributed by atoms with E-state index in [1.165, 1.54) is 11.3 Å². The molecule has 0 spiro atoms. The molecule has 0 bridgehead atoms. The van der Waals surface area contributed by atoms with Crippen molar-refractivity contribution in [1.82, 2.24) is 10.3 Å². The summed E-state index contributed by atoms with van der Waals surface area (Å²) in [5, 5.41) is 12.7. The molecule has 1 amide bonds. The van der Waals surface area contributed by atoms with Crippen LogP contribution in [0, 0.1) is 11.3 Å². The van der Waals surface area contributed by atoms with Crippen molar-refractivity contribution in [2.24, 2.45) is 0 Å². The van der Waals surface area contributed by atoms with Gasteiger partial charge in [0.15, 0.2) is 10.8 Å². The number of hydrogen-bond acceptors (Lipinski definition) is 6. The van der Waals surface area contributed by atoms with Gasteiger partial charge in [-0.25, -0.2) is 9.78 Å². The van der Waals surface area contributed by atoms with Gasteiger partial charge in [-0.15, -0.1) is 0 Å². The van der Waals surface area contributed by atoms with Gasteiger partial charge < -0.3 is 15.0 Å². The normalized spacial score (nSPS) is 18.7. The number of aromatic nitrogens is 1. The fourth-order valence-corrected chi connectivity index (χ4v) is 3.63. The van der Waals surface area contributed by atoms with Crippen molar-refractivity contribution in [3.63, 3.8) is 0 Å². The Morgan fingerprint density at radius 2 is 2.32 bits per heavy atom. The molecule has 8 heteroatoms. The number of nitriles is 1. The highest BCUT2D eigenvalue weighted by atomic mass is 79.9. The maximum Gasteiger partial charge on any atom is 0.407 e. The smallest absolute Gasteiger partial charge is 0.407 e. The molecule has 1 atom stereocenters. The Bertz CT molecular complexity index is 591. The van der Waals surface area contributed by atoms with E-state index in [4.69, 9.17) is 10.00 Å². The molecule has 2 heterocycles. The minimum Gasteiger partial charge on any atom is -0.444 e. The van der Waals surface area contributed by atoms with E-state index in [1.54, 1.807) is 0 Å². The number of hydrogen-bond donors (Lipinski definition) is 1. The number of alkyl carbamates (subject to hydrolysis) is 1. The summed E-state index contributed by atoms with van der Waals surface area (Å²) in [6.07, 6.45) is 1.48. The van der Waals surface area contributed by atoms with Crippen LogP contribution in [0.4, 0.5) is 9.93 Å². The lowest BCUT2D eigenvalue weighted by atomic mass is 10.1. The summed E-state index contributed by atoms with van der Waals surface area (Å²) < 4.78 is 6.03. The molecule has 0 saturated carbocycles. The van der Waals surface area contributed by atoms with Crippen LogP contribution in [0.1, 0.15) is 39.3 Å². The van der Waals surface area contributed by atoms with Crippen LogP contribution in [-0.4, -0.2) is 35.8 Å². The Morgan fingerprint density at radius 3 is 2.91 bits per heavy atom. The third kappa shape index (κ3) is 4.58. The molecule has 0 radical (unpaired) electrons. The van der Waals surface area contributed by atoms with Crippen LogP contribution in [-0.2, 0) is 4.74 Å². The second-order valence-electron chi connectivity index (χ2n) is 6.16. The van der Waals surface area contributed by atoms with Gasteiger partial charge in [-0.1, -0.05) is 11.3 Å². The Hall–Kier alpha value is -1.33. The number of rotatable bonds is 2. The average Bonchev–Trinajstić information content (AvgIpc) is 2.78. The summed E-state index contributed by atoms with van der Waals surface area (Å²) in [5.74, 6) is 0. The summed E-state index contributed by atoms with van der Waals surface area (Å²) >= 11 is 4.79. The predicted molar refractivity (Wildman–Crippen MR) is 89.1 cm³/mol. The Morgan fingerprint density at radius 1 is 1.59 bits per heavy atom. The number of amides is 1. The molecule has 1 unspecified atom stereocenters. The van der Waals surface area contributed by atoms with Crippen LogP contribution in [0.15, 0.2) is 3.79 Å². The van der Waals surface area contributed by atoms with Crippen molar-refractivity contribution < 1.29 is 9.53 Å².